The first-order valence-corrected chi connectivity index (χ1v) is 7.30. The third-order valence-electron chi connectivity index (χ3n) is 2.99. The average Bonchev–Trinajstić information content (AvgIpc) is 2.77. The van der Waals surface area contributed by atoms with Crippen LogP contribution < -0.4 is 5.32 Å². The van der Waals surface area contributed by atoms with Gasteiger partial charge in [0.15, 0.2) is 5.13 Å². The van der Waals surface area contributed by atoms with Crippen molar-refractivity contribution < 1.29 is 9.90 Å². The molecule has 0 aromatic carbocycles. The van der Waals surface area contributed by atoms with Gasteiger partial charge in [-0.2, -0.15) is 0 Å². The minimum absolute atomic E-state index is 0.612. The number of unbranched alkanes of at least 4 members (excludes halogenated alkanes) is 1. The third kappa shape index (κ3) is 4.80. The van der Waals surface area contributed by atoms with E-state index in [9.17, 15) is 4.79 Å². The predicted molar refractivity (Wildman–Crippen MR) is 79.1 cm³/mol. The number of anilines is 1. The normalized spacial score (nSPS) is 11.8. The lowest BCUT2D eigenvalue weighted by atomic mass is 9.90. The van der Waals surface area contributed by atoms with Gasteiger partial charge < -0.3 is 15.3 Å². The summed E-state index contributed by atoms with van der Waals surface area (Å²) in [5.41, 5.74) is -0.317. The van der Waals surface area contributed by atoms with Crippen LogP contribution in [0.25, 0.3) is 0 Å². The maximum atomic E-state index is 11.1. The maximum absolute atomic E-state index is 11.1. The number of hydrogen-bond donors (Lipinski definition) is 2. The zero-order chi connectivity index (χ0) is 14.5. The number of carboxylic acids is 1. The molecule has 0 amide bonds. The Balaban J connectivity index is 2.41. The van der Waals surface area contributed by atoms with E-state index in [4.69, 9.17) is 5.11 Å². The molecule has 0 spiro atoms. The van der Waals surface area contributed by atoms with Crippen molar-refractivity contribution in [3.63, 3.8) is 0 Å². The van der Waals surface area contributed by atoms with Gasteiger partial charge >= 0.3 is 5.97 Å². The first-order chi connectivity index (χ1) is 8.84. The number of aromatic nitrogens is 1. The molecule has 0 aliphatic carbocycles. The van der Waals surface area contributed by atoms with Crippen molar-refractivity contribution in [2.24, 2.45) is 0 Å². The van der Waals surface area contributed by atoms with Gasteiger partial charge in [0.2, 0.25) is 0 Å². The van der Waals surface area contributed by atoms with Gasteiger partial charge in [-0.25, -0.2) is 4.98 Å². The second-order valence-electron chi connectivity index (χ2n) is 5.41. The number of carboxylic acid groups (broad SMARTS) is 1. The van der Waals surface area contributed by atoms with Crippen LogP contribution >= 0.6 is 11.3 Å². The van der Waals surface area contributed by atoms with Crippen molar-refractivity contribution in [3.8, 4) is 0 Å². The minimum atomic E-state index is -0.929. The lowest BCUT2D eigenvalue weighted by Crippen LogP contribution is -2.28. The molecule has 1 aromatic heterocycles. The van der Waals surface area contributed by atoms with Crippen LogP contribution in [0.1, 0.15) is 32.4 Å². The fourth-order valence-electron chi connectivity index (χ4n) is 1.50. The van der Waals surface area contributed by atoms with E-state index >= 15 is 0 Å². The fraction of sp³-hybridized carbons (Fsp3) is 0.692. The molecule has 0 saturated carbocycles. The maximum Gasteiger partial charge on any atom is 0.315 e. The van der Waals surface area contributed by atoms with Crippen molar-refractivity contribution in [2.45, 2.75) is 32.1 Å². The summed E-state index contributed by atoms with van der Waals surface area (Å²) in [5, 5.41) is 15.0. The molecule has 108 valence electrons. The van der Waals surface area contributed by atoms with Gasteiger partial charge in [-0.1, -0.05) is 0 Å². The number of nitrogens with zero attached hydrogens (tertiary/aromatic N) is 2. The first-order valence-electron chi connectivity index (χ1n) is 6.42. The lowest BCUT2D eigenvalue weighted by molar-refractivity contribution is -0.142. The molecule has 0 bridgehead atoms. The van der Waals surface area contributed by atoms with Crippen LogP contribution in [0.3, 0.4) is 0 Å². The zero-order valence-electron chi connectivity index (χ0n) is 12.1. The molecular weight excluding hydrogens is 262 g/mol. The Morgan fingerprint density at radius 1 is 1.47 bits per heavy atom. The number of rotatable bonds is 8. The highest BCUT2D eigenvalue weighted by atomic mass is 32.1. The van der Waals surface area contributed by atoms with E-state index in [2.05, 4.69) is 29.3 Å². The van der Waals surface area contributed by atoms with Gasteiger partial charge in [-0.05, 0) is 47.3 Å². The van der Waals surface area contributed by atoms with Gasteiger partial charge in [-0.15, -0.1) is 11.3 Å². The van der Waals surface area contributed by atoms with E-state index in [0.717, 1.165) is 31.1 Å². The minimum Gasteiger partial charge on any atom is -0.481 e. The molecule has 1 aromatic rings. The largest absolute Gasteiger partial charge is 0.481 e. The number of carbonyl (C=O) groups is 1. The zero-order valence-corrected chi connectivity index (χ0v) is 12.9. The monoisotopic (exact) mass is 285 g/mol. The van der Waals surface area contributed by atoms with Gasteiger partial charge in [0.1, 0.15) is 5.41 Å². The van der Waals surface area contributed by atoms with E-state index in [1.165, 1.54) is 11.3 Å². The standard InChI is InChI=1S/C13H23N3O2S/c1-13(2,11(17)18)10-9-19-12(15-10)14-7-5-6-8-16(3)4/h9H,5-8H2,1-4H3,(H,14,15)(H,17,18). The van der Waals surface area contributed by atoms with Crippen molar-refractivity contribution in [3.05, 3.63) is 11.1 Å². The number of hydrogen-bond acceptors (Lipinski definition) is 5. The molecule has 0 unspecified atom stereocenters. The second-order valence-corrected chi connectivity index (χ2v) is 6.26. The summed E-state index contributed by atoms with van der Waals surface area (Å²) in [6.07, 6.45) is 2.22. The molecule has 6 heteroatoms. The number of aliphatic carboxylic acids is 1. The first kappa shape index (κ1) is 15.9. The highest BCUT2D eigenvalue weighted by molar-refractivity contribution is 7.13. The predicted octanol–water partition coefficient (Wildman–Crippen LogP) is 2.26. The molecule has 0 aliphatic heterocycles. The van der Waals surface area contributed by atoms with Crippen molar-refractivity contribution in [1.29, 1.82) is 0 Å². The molecule has 5 nitrogen and oxygen atoms in total. The van der Waals surface area contributed by atoms with Crippen LogP contribution in [0.2, 0.25) is 0 Å². The molecule has 0 fully saturated rings. The number of thiazole rings is 1. The van der Waals surface area contributed by atoms with Crippen LogP contribution in [0.4, 0.5) is 5.13 Å². The molecule has 19 heavy (non-hydrogen) atoms. The molecule has 0 radical (unpaired) electrons. The quantitative estimate of drug-likeness (QED) is 0.717. The topological polar surface area (TPSA) is 65.5 Å². The van der Waals surface area contributed by atoms with Crippen molar-refractivity contribution in [1.82, 2.24) is 9.88 Å². The Morgan fingerprint density at radius 2 is 2.16 bits per heavy atom. The van der Waals surface area contributed by atoms with E-state index < -0.39 is 11.4 Å². The Bertz CT molecular complexity index is 416. The summed E-state index contributed by atoms with van der Waals surface area (Å²) in [5.74, 6) is -0.852. The Morgan fingerprint density at radius 3 is 2.74 bits per heavy atom. The van der Waals surface area contributed by atoms with Crippen molar-refractivity contribution in [2.75, 3.05) is 32.5 Å². The highest BCUT2D eigenvalue weighted by Crippen LogP contribution is 2.27. The number of nitrogens with one attached hydrogen (secondary N) is 1. The molecule has 0 atom stereocenters. The Kier molecular flexibility index (Phi) is 5.75. The van der Waals surface area contributed by atoms with Crippen LogP contribution in [-0.2, 0) is 10.2 Å². The van der Waals surface area contributed by atoms with Crippen molar-refractivity contribution >= 4 is 22.4 Å². The second kappa shape index (κ2) is 6.86. The van der Waals surface area contributed by atoms with Crippen LogP contribution in [0.15, 0.2) is 5.38 Å². The summed E-state index contributed by atoms with van der Waals surface area (Å²) >= 11 is 1.46. The molecule has 1 heterocycles. The van der Waals surface area contributed by atoms with Gasteiger partial charge in [0.05, 0.1) is 5.69 Å². The molecule has 0 saturated heterocycles. The van der Waals surface area contributed by atoms with E-state index in [0.29, 0.717) is 5.69 Å². The van der Waals surface area contributed by atoms with Gasteiger partial charge in [0, 0.05) is 11.9 Å². The van der Waals surface area contributed by atoms with Gasteiger partial charge in [0.25, 0.3) is 0 Å². The van der Waals surface area contributed by atoms with E-state index in [1.54, 1.807) is 13.8 Å². The van der Waals surface area contributed by atoms with E-state index in [-0.39, 0.29) is 0 Å². The SMILES string of the molecule is CN(C)CCCCNc1nc(C(C)(C)C(=O)O)cs1. The molecule has 2 N–H and O–H groups in total. The summed E-state index contributed by atoms with van der Waals surface area (Å²) in [7, 11) is 4.13. The van der Waals surface area contributed by atoms with Crippen LogP contribution in [-0.4, -0.2) is 48.1 Å². The lowest BCUT2D eigenvalue weighted by Gasteiger charge is -2.15. The van der Waals surface area contributed by atoms with Crippen LogP contribution in [0, 0.1) is 0 Å². The fourth-order valence-corrected chi connectivity index (χ4v) is 2.41. The Hall–Kier alpha value is -1.14. The molecule has 0 aliphatic rings. The smallest absolute Gasteiger partial charge is 0.315 e. The highest BCUT2D eigenvalue weighted by Gasteiger charge is 2.32. The molecular formula is C13H23N3O2S. The summed E-state index contributed by atoms with van der Waals surface area (Å²) in [4.78, 5) is 17.6. The third-order valence-corrected chi connectivity index (χ3v) is 3.79. The van der Waals surface area contributed by atoms with Crippen LogP contribution in [0.5, 0.6) is 0 Å². The summed E-state index contributed by atoms with van der Waals surface area (Å²) in [6.45, 7) is 5.29. The summed E-state index contributed by atoms with van der Waals surface area (Å²) in [6, 6.07) is 0. The Labute approximate surface area is 118 Å². The van der Waals surface area contributed by atoms with E-state index in [1.807, 2.05) is 5.38 Å². The average molecular weight is 285 g/mol. The summed E-state index contributed by atoms with van der Waals surface area (Å²) < 4.78 is 0. The van der Waals surface area contributed by atoms with Gasteiger partial charge in [-0.3, -0.25) is 4.79 Å². The molecule has 1 rings (SSSR count).